The Balaban J connectivity index is 3.48. The molecule has 0 N–H and O–H groups in total. The molecule has 1 atom stereocenters. The molecule has 0 rings (SSSR count). The molecule has 0 heterocycles. The highest BCUT2D eigenvalue weighted by Crippen LogP contribution is 2.22. The minimum Gasteiger partial charge on any atom is -0.0654 e. The minimum absolute atomic E-state index is 0.995. The van der Waals surface area contributed by atoms with Crippen LogP contribution in [-0.4, -0.2) is 0 Å². The number of hydrogen-bond acceptors (Lipinski definition) is 0. The first-order chi connectivity index (χ1) is 6.78. The van der Waals surface area contributed by atoms with Crippen LogP contribution < -0.4 is 0 Å². The van der Waals surface area contributed by atoms with E-state index in [1.54, 1.807) is 0 Å². The van der Waals surface area contributed by atoms with E-state index in [9.17, 15) is 0 Å². The van der Waals surface area contributed by atoms with Crippen molar-refractivity contribution in [2.45, 2.75) is 79.1 Å². The molecule has 14 heavy (non-hydrogen) atoms. The summed E-state index contributed by atoms with van der Waals surface area (Å²) < 4.78 is 0. The highest BCUT2D eigenvalue weighted by Gasteiger charge is 2.07. The van der Waals surface area contributed by atoms with Crippen LogP contribution in [0.5, 0.6) is 0 Å². The first-order valence-electron chi connectivity index (χ1n) is 6.78. The van der Waals surface area contributed by atoms with E-state index < -0.39 is 0 Å². The average Bonchev–Trinajstić information content (AvgIpc) is 2.23. The second-order valence-electron chi connectivity index (χ2n) is 4.68. The molecule has 0 spiro atoms. The van der Waals surface area contributed by atoms with Crippen LogP contribution in [-0.2, 0) is 0 Å². The van der Waals surface area contributed by atoms with Gasteiger partial charge < -0.3 is 0 Å². The van der Waals surface area contributed by atoms with E-state index >= 15 is 0 Å². The highest BCUT2D eigenvalue weighted by atomic mass is 14.1. The SMILES string of the molecule is CCCC(CC)CCCC(CC)CC. The standard InChI is InChI=1S/C14H30/c1-5-10-14(8-4)12-9-11-13(6-2)7-3/h13-14H,5-12H2,1-4H3. The predicted octanol–water partition coefficient (Wildman–Crippen LogP) is 5.42. The predicted molar refractivity (Wildman–Crippen MR) is 66.6 cm³/mol. The van der Waals surface area contributed by atoms with Gasteiger partial charge in [0.05, 0.1) is 0 Å². The Morgan fingerprint density at radius 1 is 0.643 bits per heavy atom. The zero-order chi connectivity index (χ0) is 10.8. The Hall–Kier alpha value is 0. The molecule has 0 amide bonds. The second kappa shape index (κ2) is 9.55. The monoisotopic (exact) mass is 198 g/mol. The van der Waals surface area contributed by atoms with Gasteiger partial charge in [-0.2, -0.15) is 0 Å². The molecule has 0 heteroatoms. The van der Waals surface area contributed by atoms with E-state index in [1.165, 1.54) is 51.4 Å². The van der Waals surface area contributed by atoms with Gasteiger partial charge in [-0.1, -0.05) is 79.1 Å². The molecule has 0 aromatic heterocycles. The van der Waals surface area contributed by atoms with Gasteiger partial charge in [0, 0.05) is 0 Å². The van der Waals surface area contributed by atoms with Crippen molar-refractivity contribution in [1.29, 1.82) is 0 Å². The third-order valence-electron chi connectivity index (χ3n) is 3.65. The van der Waals surface area contributed by atoms with Crippen molar-refractivity contribution in [3.8, 4) is 0 Å². The lowest BCUT2D eigenvalue weighted by molar-refractivity contribution is 0.370. The quantitative estimate of drug-likeness (QED) is 0.464. The number of hydrogen-bond donors (Lipinski definition) is 0. The topological polar surface area (TPSA) is 0 Å². The fourth-order valence-corrected chi connectivity index (χ4v) is 2.35. The maximum Gasteiger partial charge on any atom is -0.0417 e. The van der Waals surface area contributed by atoms with Crippen LogP contribution in [0.3, 0.4) is 0 Å². The van der Waals surface area contributed by atoms with Crippen LogP contribution in [0, 0.1) is 11.8 Å². The van der Waals surface area contributed by atoms with E-state index in [2.05, 4.69) is 27.7 Å². The van der Waals surface area contributed by atoms with Crippen molar-refractivity contribution < 1.29 is 0 Å². The summed E-state index contributed by atoms with van der Waals surface area (Å²) >= 11 is 0. The summed E-state index contributed by atoms with van der Waals surface area (Å²) in [6, 6.07) is 0. The summed E-state index contributed by atoms with van der Waals surface area (Å²) in [6.45, 7) is 9.32. The minimum atomic E-state index is 0.995. The molecule has 0 fully saturated rings. The van der Waals surface area contributed by atoms with E-state index in [-0.39, 0.29) is 0 Å². The molecule has 0 aromatic rings. The second-order valence-corrected chi connectivity index (χ2v) is 4.68. The van der Waals surface area contributed by atoms with Crippen molar-refractivity contribution in [2.24, 2.45) is 11.8 Å². The van der Waals surface area contributed by atoms with Gasteiger partial charge in [0.1, 0.15) is 0 Å². The maximum absolute atomic E-state index is 2.34. The van der Waals surface area contributed by atoms with Crippen LogP contribution >= 0.6 is 0 Å². The summed E-state index contributed by atoms with van der Waals surface area (Å²) in [6.07, 6.45) is 11.3. The van der Waals surface area contributed by atoms with Crippen LogP contribution in [0.1, 0.15) is 79.1 Å². The molecule has 0 aliphatic carbocycles. The first-order valence-corrected chi connectivity index (χ1v) is 6.78. The Kier molecular flexibility index (Phi) is 9.55. The van der Waals surface area contributed by atoms with E-state index in [0.29, 0.717) is 0 Å². The van der Waals surface area contributed by atoms with Gasteiger partial charge in [-0.05, 0) is 11.8 Å². The van der Waals surface area contributed by atoms with Crippen LogP contribution in [0.2, 0.25) is 0 Å². The molecule has 86 valence electrons. The summed E-state index contributed by atoms with van der Waals surface area (Å²) in [5.41, 5.74) is 0. The Morgan fingerprint density at radius 2 is 1.14 bits per heavy atom. The van der Waals surface area contributed by atoms with Gasteiger partial charge in [-0.15, -0.1) is 0 Å². The average molecular weight is 198 g/mol. The lowest BCUT2D eigenvalue weighted by atomic mass is 9.90. The Bertz CT molecular complexity index is 103. The van der Waals surface area contributed by atoms with Gasteiger partial charge in [0.2, 0.25) is 0 Å². The van der Waals surface area contributed by atoms with Crippen molar-refractivity contribution in [2.75, 3.05) is 0 Å². The Morgan fingerprint density at radius 3 is 1.57 bits per heavy atom. The van der Waals surface area contributed by atoms with Crippen molar-refractivity contribution in [3.63, 3.8) is 0 Å². The third kappa shape index (κ3) is 6.45. The molecular formula is C14H30. The summed E-state index contributed by atoms with van der Waals surface area (Å²) in [7, 11) is 0. The zero-order valence-electron chi connectivity index (χ0n) is 10.8. The smallest absolute Gasteiger partial charge is 0.0417 e. The third-order valence-corrected chi connectivity index (χ3v) is 3.65. The Labute approximate surface area is 91.5 Å². The van der Waals surface area contributed by atoms with Crippen LogP contribution in [0.25, 0.3) is 0 Å². The molecule has 1 unspecified atom stereocenters. The van der Waals surface area contributed by atoms with Crippen LogP contribution in [0.4, 0.5) is 0 Å². The molecule has 0 aromatic carbocycles. The fraction of sp³-hybridized carbons (Fsp3) is 1.00. The van der Waals surface area contributed by atoms with E-state index in [4.69, 9.17) is 0 Å². The molecule has 0 nitrogen and oxygen atoms in total. The fourth-order valence-electron chi connectivity index (χ4n) is 2.35. The van der Waals surface area contributed by atoms with Gasteiger partial charge in [0.15, 0.2) is 0 Å². The summed E-state index contributed by atoms with van der Waals surface area (Å²) in [5, 5.41) is 0. The van der Waals surface area contributed by atoms with Gasteiger partial charge in [-0.3, -0.25) is 0 Å². The van der Waals surface area contributed by atoms with E-state index in [1.807, 2.05) is 0 Å². The summed E-state index contributed by atoms with van der Waals surface area (Å²) in [5.74, 6) is 2.00. The molecular weight excluding hydrogens is 168 g/mol. The zero-order valence-corrected chi connectivity index (χ0v) is 10.8. The van der Waals surface area contributed by atoms with Crippen molar-refractivity contribution in [1.82, 2.24) is 0 Å². The molecule has 0 aliphatic heterocycles. The van der Waals surface area contributed by atoms with Gasteiger partial charge in [0.25, 0.3) is 0 Å². The molecule has 0 bridgehead atoms. The van der Waals surface area contributed by atoms with Crippen molar-refractivity contribution >= 4 is 0 Å². The normalized spacial score (nSPS) is 13.5. The lowest BCUT2D eigenvalue weighted by Crippen LogP contribution is -2.01. The molecule has 0 aliphatic rings. The number of rotatable bonds is 9. The van der Waals surface area contributed by atoms with Crippen molar-refractivity contribution in [3.05, 3.63) is 0 Å². The van der Waals surface area contributed by atoms with Gasteiger partial charge >= 0.3 is 0 Å². The molecule has 0 radical (unpaired) electrons. The molecule has 0 saturated carbocycles. The first kappa shape index (κ1) is 14.0. The van der Waals surface area contributed by atoms with Gasteiger partial charge in [-0.25, -0.2) is 0 Å². The lowest BCUT2D eigenvalue weighted by Gasteiger charge is -2.16. The maximum atomic E-state index is 2.34. The van der Waals surface area contributed by atoms with Crippen LogP contribution in [0.15, 0.2) is 0 Å². The highest BCUT2D eigenvalue weighted by molar-refractivity contribution is 4.60. The summed E-state index contributed by atoms with van der Waals surface area (Å²) in [4.78, 5) is 0. The largest absolute Gasteiger partial charge is 0.0654 e. The molecule has 0 saturated heterocycles. The van der Waals surface area contributed by atoms with E-state index in [0.717, 1.165) is 11.8 Å².